The molecule has 112 valence electrons. The van der Waals surface area contributed by atoms with Crippen LogP contribution in [0.5, 0.6) is 0 Å². The Kier molecular flexibility index (Phi) is 5.77. The van der Waals surface area contributed by atoms with Crippen LogP contribution in [0, 0.1) is 17.8 Å². The van der Waals surface area contributed by atoms with E-state index in [2.05, 4.69) is 29.1 Å². The summed E-state index contributed by atoms with van der Waals surface area (Å²) in [5.41, 5.74) is 1.17. The first-order valence-electron chi connectivity index (χ1n) is 7.56. The van der Waals surface area contributed by atoms with Crippen LogP contribution in [0.1, 0.15) is 54.9 Å². The molecule has 1 amide bonds. The fourth-order valence-corrected chi connectivity index (χ4v) is 2.73. The number of pyridine rings is 1. The van der Waals surface area contributed by atoms with Gasteiger partial charge in [-0.3, -0.25) is 9.78 Å². The zero-order valence-corrected chi connectivity index (χ0v) is 12.4. The highest BCUT2D eigenvalue weighted by Gasteiger charge is 2.22. The highest BCUT2D eigenvalue weighted by atomic mass is 16.2. The lowest BCUT2D eigenvalue weighted by molar-refractivity contribution is 0.0921. The highest BCUT2D eigenvalue weighted by molar-refractivity contribution is 5.94. The summed E-state index contributed by atoms with van der Waals surface area (Å²) in [4.78, 5) is 16.4. The van der Waals surface area contributed by atoms with E-state index < -0.39 is 0 Å². The van der Waals surface area contributed by atoms with E-state index >= 15 is 0 Å². The molecule has 1 fully saturated rings. The van der Waals surface area contributed by atoms with Crippen LogP contribution in [0.25, 0.3) is 0 Å². The van der Waals surface area contributed by atoms with Crippen LogP contribution in [-0.2, 0) is 0 Å². The molecule has 2 N–H and O–H groups in total. The fraction of sp³-hybridized carbons (Fsp3) is 0.529. The first-order chi connectivity index (χ1) is 10.2. The monoisotopic (exact) mass is 286 g/mol. The number of nitrogens with one attached hydrogen (secondary N) is 1. The quantitative estimate of drug-likeness (QED) is 0.646. The minimum Gasteiger partial charge on any atom is -0.384 e. The Morgan fingerprint density at radius 2 is 2.19 bits per heavy atom. The molecule has 1 aromatic heterocycles. The Bertz CT molecular complexity index is 545. The molecule has 0 radical (unpaired) electrons. The van der Waals surface area contributed by atoms with E-state index in [9.17, 15) is 4.79 Å². The van der Waals surface area contributed by atoms with Gasteiger partial charge in [0.2, 0.25) is 0 Å². The van der Waals surface area contributed by atoms with Crippen LogP contribution in [0.4, 0.5) is 0 Å². The van der Waals surface area contributed by atoms with E-state index in [0.717, 1.165) is 6.42 Å². The third-order valence-electron chi connectivity index (χ3n) is 3.99. The minimum absolute atomic E-state index is 0.0890. The van der Waals surface area contributed by atoms with Crippen LogP contribution in [0.3, 0.4) is 0 Å². The summed E-state index contributed by atoms with van der Waals surface area (Å²) in [5, 5.41) is 11.8. The summed E-state index contributed by atoms with van der Waals surface area (Å²) < 4.78 is 0. The van der Waals surface area contributed by atoms with Gasteiger partial charge in [0.15, 0.2) is 0 Å². The van der Waals surface area contributed by atoms with Crippen LogP contribution < -0.4 is 5.32 Å². The molecule has 0 aliphatic heterocycles. The molecule has 1 heterocycles. The first kappa shape index (κ1) is 15.5. The molecule has 21 heavy (non-hydrogen) atoms. The number of hydrogen-bond donors (Lipinski definition) is 2. The molecule has 2 atom stereocenters. The average Bonchev–Trinajstić information content (AvgIpc) is 2.70. The number of nitrogens with zero attached hydrogens (tertiary/aromatic N) is 1. The molecular formula is C17H22N2O2. The number of aliphatic hydroxyl groups excluding tert-OH is 1. The fourth-order valence-electron chi connectivity index (χ4n) is 2.73. The normalized spacial score (nSPS) is 21.8. The van der Waals surface area contributed by atoms with Gasteiger partial charge in [-0.05, 0) is 24.8 Å². The Labute approximate surface area is 126 Å². The third-order valence-corrected chi connectivity index (χ3v) is 3.99. The molecule has 0 aromatic carbocycles. The summed E-state index contributed by atoms with van der Waals surface area (Å²) >= 11 is 0. The maximum atomic E-state index is 12.3. The molecule has 1 aromatic rings. The zero-order chi connectivity index (χ0) is 15.1. The summed E-state index contributed by atoms with van der Waals surface area (Å²) in [5.74, 6) is 5.76. The van der Waals surface area contributed by atoms with E-state index in [-0.39, 0.29) is 18.6 Å². The van der Waals surface area contributed by atoms with Crippen molar-refractivity contribution in [3.8, 4) is 11.8 Å². The van der Waals surface area contributed by atoms with E-state index in [1.165, 1.54) is 25.7 Å². The van der Waals surface area contributed by atoms with E-state index in [0.29, 0.717) is 17.0 Å². The van der Waals surface area contributed by atoms with Crippen molar-refractivity contribution in [2.24, 2.45) is 5.92 Å². The largest absolute Gasteiger partial charge is 0.384 e. The molecule has 0 bridgehead atoms. The SMILES string of the molecule is CC1CCCCCC1NC(=O)c1cncc(C#CCO)c1. The number of carbonyl (C=O) groups is 1. The third kappa shape index (κ3) is 4.57. The lowest BCUT2D eigenvalue weighted by atomic mass is 9.96. The smallest absolute Gasteiger partial charge is 0.253 e. The summed E-state index contributed by atoms with van der Waals surface area (Å²) in [6.07, 6.45) is 9.05. The van der Waals surface area contributed by atoms with E-state index in [1.54, 1.807) is 18.5 Å². The standard InChI is InChI=1S/C17H22N2O2/c1-13-6-3-2-4-8-16(13)19-17(21)15-10-14(7-5-9-20)11-18-12-15/h10-13,16,20H,2-4,6,8-9H2,1H3,(H,19,21). The maximum Gasteiger partial charge on any atom is 0.253 e. The lowest BCUT2D eigenvalue weighted by Crippen LogP contribution is -2.38. The van der Waals surface area contributed by atoms with Gasteiger partial charge >= 0.3 is 0 Å². The molecule has 2 unspecified atom stereocenters. The molecule has 1 aliphatic carbocycles. The van der Waals surface area contributed by atoms with Gasteiger partial charge in [-0.2, -0.15) is 0 Å². The first-order valence-corrected chi connectivity index (χ1v) is 7.56. The number of hydrogen-bond acceptors (Lipinski definition) is 3. The van der Waals surface area contributed by atoms with Gasteiger partial charge in [0.1, 0.15) is 6.61 Å². The minimum atomic E-state index is -0.198. The van der Waals surface area contributed by atoms with Crippen molar-refractivity contribution in [1.82, 2.24) is 10.3 Å². The van der Waals surface area contributed by atoms with Crippen LogP contribution in [0.2, 0.25) is 0 Å². The van der Waals surface area contributed by atoms with Gasteiger partial charge in [-0.1, -0.05) is 38.0 Å². The van der Waals surface area contributed by atoms with Gasteiger partial charge in [-0.15, -0.1) is 0 Å². The van der Waals surface area contributed by atoms with E-state index in [1.807, 2.05) is 0 Å². The van der Waals surface area contributed by atoms with E-state index in [4.69, 9.17) is 5.11 Å². The second-order valence-electron chi connectivity index (χ2n) is 5.62. The number of amides is 1. The van der Waals surface area contributed by atoms with Crippen LogP contribution in [-0.4, -0.2) is 28.6 Å². The topological polar surface area (TPSA) is 62.2 Å². The number of rotatable bonds is 2. The van der Waals surface area contributed by atoms with Crippen molar-refractivity contribution < 1.29 is 9.90 Å². The molecule has 0 spiro atoms. The average molecular weight is 286 g/mol. The molecule has 0 saturated heterocycles. The Morgan fingerprint density at radius 3 is 3.00 bits per heavy atom. The zero-order valence-electron chi connectivity index (χ0n) is 12.4. The van der Waals surface area contributed by atoms with Crippen molar-refractivity contribution in [2.75, 3.05) is 6.61 Å². The Balaban J connectivity index is 2.05. The van der Waals surface area contributed by atoms with Gasteiger partial charge in [-0.25, -0.2) is 0 Å². The molecular weight excluding hydrogens is 264 g/mol. The second-order valence-corrected chi connectivity index (χ2v) is 5.62. The summed E-state index contributed by atoms with van der Waals surface area (Å²) in [6, 6.07) is 1.96. The highest BCUT2D eigenvalue weighted by Crippen LogP contribution is 2.23. The molecule has 2 rings (SSSR count). The van der Waals surface area contributed by atoms with Crippen molar-refractivity contribution in [3.05, 3.63) is 29.6 Å². The van der Waals surface area contributed by atoms with Crippen molar-refractivity contribution in [3.63, 3.8) is 0 Å². The predicted molar refractivity (Wildman–Crippen MR) is 81.7 cm³/mol. The molecule has 4 nitrogen and oxygen atoms in total. The summed E-state index contributed by atoms with van der Waals surface area (Å²) in [6.45, 7) is 2.01. The maximum absolute atomic E-state index is 12.3. The summed E-state index contributed by atoms with van der Waals surface area (Å²) in [7, 11) is 0. The Hall–Kier alpha value is -1.86. The van der Waals surface area contributed by atoms with Crippen LogP contribution in [0.15, 0.2) is 18.5 Å². The molecule has 1 aliphatic rings. The van der Waals surface area contributed by atoms with Crippen molar-refractivity contribution >= 4 is 5.91 Å². The number of aliphatic hydroxyl groups is 1. The molecule has 4 heteroatoms. The van der Waals surface area contributed by atoms with Gasteiger partial charge in [0, 0.05) is 24.0 Å². The molecule has 1 saturated carbocycles. The lowest BCUT2D eigenvalue weighted by Gasteiger charge is -2.22. The van der Waals surface area contributed by atoms with Crippen molar-refractivity contribution in [1.29, 1.82) is 0 Å². The van der Waals surface area contributed by atoms with Gasteiger partial charge in [0.25, 0.3) is 5.91 Å². The van der Waals surface area contributed by atoms with Gasteiger partial charge in [0.05, 0.1) is 5.56 Å². The predicted octanol–water partition coefficient (Wildman–Crippen LogP) is 2.12. The second kappa shape index (κ2) is 7.80. The number of aromatic nitrogens is 1. The number of carbonyl (C=O) groups excluding carboxylic acids is 1. The van der Waals surface area contributed by atoms with Crippen LogP contribution >= 0.6 is 0 Å². The van der Waals surface area contributed by atoms with Crippen molar-refractivity contribution in [2.45, 2.75) is 45.1 Å². The van der Waals surface area contributed by atoms with Gasteiger partial charge < -0.3 is 10.4 Å². The Morgan fingerprint density at radius 1 is 1.38 bits per heavy atom.